The summed E-state index contributed by atoms with van der Waals surface area (Å²) in [4.78, 5) is 14.2. The molecule has 0 aliphatic carbocycles. The van der Waals surface area contributed by atoms with Crippen LogP contribution in [-0.4, -0.2) is 43.5 Å². The van der Waals surface area contributed by atoms with E-state index < -0.39 is 0 Å². The van der Waals surface area contributed by atoms with Crippen molar-refractivity contribution in [2.24, 2.45) is 17.1 Å². The zero-order chi connectivity index (χ0) is 14.5. The van der Waals surface area contributed by atoms with Crippen LogP contribution in [0.15, 0.2) is 0 Å². The predicted molar refractivity (Wildman–Crippen MR) is 79.9 cm³/mol. The molecule has 112 valence electrons. The molecule has 1 unspecified atom stereocenters. The lowest BCUT2D eigenvalue weighted by molar-refractivity contribution is -0.121. The molecule has 3 N–H and O–H groups in total. The Morgan fingerprint density at radius 3 is 2.47 bits per heavy atom. The van der Waals surface area contributed by atoms with Gasteiger partial charge in [0.1, 0.15) is 0 Å². The van der Waals surface area contributed by atoms with Gasteiger partial charge in [0, 0.05) is 19.0 Å². The molecule has 19 heavy (non-hydrogen) atoms. The highest BCUT2D eigenvalue weighted by atomic mass is 16.1. The van der Waals surface area contributed by atoms with Crippen molar-refractivity contribution in [3.8, 4) is 0 Å². The van der Waals surface area contributed by atoms with Gasteiger partial charge in [0.05, 0.1) is 0 Å². The van der Waals surface area contributed by atoms with Crippen molar-refractivity contribution in [2.75, 3.05) is 26.7 Å². The quantitative estimate of drug-likeness (QED) is 0.797. The van der Waals surface area contributed by atoms with Crippen LogP contribution in [0.25, 0.3) is 0 Å². The van der Waals surface area contributed by atoms with Gasteiger partial charge in [0.25, 0.3) is 0 Å². The minimum Gasteiger partial charge on any atom is -0.356 e. The Morgan fingerprint density at radius 2 is 1.95 bits per heavy atom. The van der Waals surface area contributed by atoms with Crippen LogP contribution in [0.4, 0.5) is 0 Å². The molecule has 1 atom stereocenters. The molecule has 1 aliphatic rings. The third-order valence-electron chi connectivity index (χ3n) is 3.75. The van der Waals surface area contributed by atoms with E-state index in [0.29, 0.717) is 12.3 Å². The zero-order valence-electron chi connectivity index (χ0n) is 13.0. The summed E-state index contributed by atoms with van der Waals surface area (Å²) < 4.78 is 0. The molecule has 1 saturated heterocycles. The van der Waals surface area contributed by atoms with Crippen LogP contribution in [0, 0.1) is 11.3 Å². The van der Waals surface area contributed by atoms with Gasteiger partial charge in [-0.25, -0.2) is 0 Å². The Kier molecular flexibility index (Phi) is 6.27. The number of nitrogens with one attached hydrogen (secondary N) is 1. The van der Waals surface area contributed by atoms with Crippen LogP contribution in [0.3, 0.4) is 0 Å². The maximum absolute atomic E-state index is 11.8. The highest BCUT2D eigenvalue weighted by molar-refractivity contribution is 5.76. The van der Waals surface area contributed by atoms with Crippen LogP contribution in [0.2, 0.25) is 0 Å². The minimum atomic E-state index is -0.0301. The molecule has 0 aromatic heterocycles. The molecule has 1 heterocycles. The number of hydrogen-bond donors (Lipinski definition) is 2. The van der Waals surface area contributed by atoms with E-state index in [4.69, 9.17) is 5.73 Å². The van der Waals surface area contributed by atoms with E-state index in [1.807, 2.05) is 0 Å². The van der Waals surface area contributed by atoms with Crippen LogP contribution in [0.1, 0.15) is 46.5 Å². The summed E-state index contributed by atoms with van der Waals surface area (Å²) in [6.45, 7) is 9.57. The smallest absolute Gasteiger partial charge is 0.221 e. The molecular weight excluding hydrogens is 238 g/mol. The number of nitrogens with two attached hydrogens (primary N) is 1. The Balaban J connectivity index is 2.17. The number of amides is 1. The lowest BCUT2D eigenvalue weighted by Gasteiger charge is -2.29. The Morgan fingerprint density at radius 1 is 1.37 bits per heavy atom. The number of nitrogens with zero attached hydrogens (tertiary/aromatic N) is 1. The van der Waals surface area contributed by atoms with Crippen molar-refractivity contribution in [1.29, 1.82) is 0 Å². The highest BCUT2D eigenvalue weighted by Crippen LogP contribution is 2.21. The van der Waals surface area contributed by atoms with Crippen LogP contribution in [0.5, 0.6) is 0 Å². The van der Waals surface area contributed by atoms with Crippen LogP contribution in [-0.2, 0) is 4.79 Å². The monoisotopic (exact) mass is 269 g/mol. The molecule has 0 aromatic carbocycles. The van der Waals surface area contributed by atoms with Gasteiger partial charge in [-0.15, -0.1) is 0 Å². The van der Waals surface area contributed by atoms with Gasteiger partial charge >= 0.3 is 0 Å². The normalized spacial score (nSPS) is 20.3. The van der Waals surface area contributed by atoms with Crippen LogP contribution >= 0.6 is 0 Å². The second-order valence-electron chi connectivity index (χ2n) is 7.28. The fourth-order valence-electron chi connectivity index (χ4n) is 2.69. The maximum Gasteiger partial charge on any atom is 0.221 e. The molecule has 0 aromatic rings. The fourth-order valence-corrected chi connectivity index (χ4v) is 2.69. The van der Waals surface area contributed by atoms with Crippen molar-refractivity contribution in [2.45, 2.75) is 52.5 Å². The number of rotatable bonds is 5. The lowest BCUT2D eigenvalue weighted by Crippen LogP contribution is -2.39. The molecule has 1 rings (SSSR count). The largest absolute Gasteiger partial charge is 0.356 e. The van der Waals surface area contributed by atoms with Gasteiger partial charge in [-0.2, -0.15) is 0 Å². The summed E-state index contributed by atoms with van der Waals surface area (Å²) in [5.74, 6) is 0.745. The summed E-state index contributed by atoms with van der Waals surface area (Å²) in [6, 6.07) is -0.0301. The fraction of sp³-hybridized carbons (Fsp3) is 0.933. The molecule has 0 radical (unpaired) electrons. The number of hydrogen-bond acceptors (Lipinski definition) is 3. The molecule has 1 fully saturated rings. The van der Waals surface area contributed by atoms with Crippen LogP contribution < -0.4 is 11.1 Å². The van der Waals surface area contributed by atoms with E-state index in [1.54, 1.807) is 0 Å². The summed E-state index contributed by atoms with van der Waals surface area (Å²) in [7, 11) is 2.15. The van der Waals surface area contributed by atoms with Gasteiger partial charge in [-0.05, 0) is 50.7 Å². The van der Waals surface area contributed by atoms with E-state index in [-0.39, 0.29) is 17.4 Å². The lowest BCUT2D eigenvalue weighted by atomic mass is 9.87. The van der Waals surface area contributed by atoms with Gasteiger partial charge in [-0.1, -0.05) is 20.8 Å². The SMILES string of the molecule is CN1CCC(CNC(=O)CC(N)CC(C)(C)C)CC1. The van der Waals surface area contributed by atoms with E-state index in [9.17, 15) is 4.79 Å². The van der Waals surface area contributed by atoms with Crippen molar-refractivity contribution >= 4 is 5.91 Å². The van der Waals surface area contributed by atoms with E-state index in [1.165, 1.54) is 12.8 Å². The zero-order valence-corrected chi connectivity index (χ0v) is 13.0. The topological polar surface area (TPSA) is 58.4 Å². The summed E-state index contributed by atoms with van der Waals surface area (Å²) in [6.07, 6.45) is 3.70. The van der Waals surface area contributed by atoms with E-state index in [2.05, 4.69) is 38.0 Å². The second-order valence-corrected chi connectivity index (χ2v) is 7.28. The van der Waals surface area contributed by atoms with Crippen molar-refractivity contribution in [3.63, 3.8) is 0 Å². The standard InChI is InChI=1S/C15H31N3O/c1-15(2,3)10-13(16)9-14(19)17-11-12-5-7-18(4)8-6-12/h12-13H,5-11,16H2,1-4H3,(H,17,19). The molecule has 0 bridgehead atoms. The third kappa shape index (κ3) is 7.53. The Bertz CT molecular complexity index is 278. The average Bonchev–Trinajstić information content (AvgIpc) is 2.25. The Hall–Kier alpha value is -0.610. The first-order valence-corrected chi connectivity index (χ1v) is 7.47. The predicted octanol–water partition coefficient (Wildman–Crippen LogP) is 1.60. The molecule has 4 heteroatoms. The maximum atomic E-state index is 11.8. The molecule has 4 nitrogen and oxygen atoms in total. The Labute approximate surface area is 118 Å². The second kappa shape index (κ2) is 7.25. The first-order chi connectivity index (χ1) is 8.76. The molecule has 0 saturated carbocycles. The van der Waals surface area contributed by atoms with Gasteiger partial charge < -0.3 is 16.0 Å². The van der Waals surface area contributed by atoms with Crippen molar-refractivity contribution < 1.29 is 4.79 Å². The van der Waals surface area contributed by atoms with Crippen molar-refractivity contribution in [1.82, 2.24) is 10.2 Å². The molecule has 0 spiro atoms. The number of likely N-dealkylation sites (tertiary alicyclic amines) is 1. The van der Waals surface area contributed by atoms with E-state index in [0.717, 1.165) is 26.1 Å². The van der Waals surface area contributed by atoms with Gasteiger partial charge in [0.15, 0.2) is 0 Å². The van der Waals surface area contributed by atoms with Gasteiger partial charge in [0.2, 0.25) is 5.91 Å². The summed E-state index contributed by atoms with van der Waals surface area (Å²) >= 11 is 0. The molecular formula is C15H31N3O. The molecule has 1 amide bonds. The van der Waals surface area contributed by atoms with E-state index >= 15 is 0 Å². The first kappa shape index (κ1) is 16.4. The van der Waals surface area contributed by atoms with Crippen molar-refractivity contribution in [3.05, 3.63) is 0 Å². The summed E-state index contributed by atoms with van der Waals surface area (Å²) in [5.41, 5.74) is 6.21. The molecule has 1 aliphatic heterocycles. The minimum absolute atomic E-state index is 0.0301. The number of carbonyl (C=O) groups excluding carboxylic acids is 1. The number of carbonyl (C=O) groups is 1. The highest BCUT2D eigenvalue weighted by Gasteiger charge is 2.20. The summed E-state index contributed by atoms with van der Waals surface area (Å²) in [5, 5.41) is 3.05. The van der Waals surface area contributed by atoms with Gasteiger partial charge in [-0.3, -0.25) is 4.79 Å². The average molecular weight is 269 g/mol. The number of piperidine rings is 1. The first-order valence-electron chi connectivity index (χ1n) is 7.47. The third-order valence-corrected chi connectivity index (χ3v) is 3.75.